The highest BCUT2D eigenvalue weighted by molar-refractivity contribution is 9.10. The first-order chi connectivity index (χ1) is 9.20. The molecule has 5 nitrogen and oxygen atoms in total. The Kier molecular flexibility index (Phi) is 3.52. The lowest BCUT2D eigenvalue weighted by atomic mass is 10.2. The lowest BCUT2D eigenvalue weighted by molar-refractivity contribution is 0.478. The van der Waals surface area contributed by atoms with Crippen LogP contribution in [0, 0.1) is 6.92 Å². The van der Waals surface area contributed by atoms with E-state index in [9.17, 15) is 0 Å². The highest BCUT2D eigenvalue weighted by Gasteiger charge is 2.21. The summed E-state index contributed by atoms with van der Waals surface area (Å²) < 4.78 is 6.59. The molecule has 19 heavy (non-hydrogen) atoms. The van der Waals surface area contributed by atoms with Crippen molar-refractivity contribution in [2.24, 2.45) is 0 Å². The molecule has 1 saturated carbocycles. The van der Waals surface area contributed by atoms with E-state index in [4.69, 9.17) is 4.42 Å². The van der Waals surface area contributed by atoms with Crippen molar-refractivity contribution >= 4 is 27.6 Å². The summed E-state index contributed by atoms with van der Waals surface area (Å²) in [5.74, 6) is 0.615. The van der Waals surface area contributed by atoms with Gasteiger partial charge in [-0.2, -0.15) is 0 Å². The lowest BCUT2D eigenvalue weighted by Gasteiger charge is -2.05. The summed E-state index contributed by atoms with van der Waals surface area (Å²) in [6.45, 7) is 2.66. The van der Waals surface area contributed by atoms with Crippen LogP contribution in [0.5, 0.6) is 0 Å². The molecule has 0 saturated heterocycles. The molecular weight excluding hydrogens is 308 g/mol. The normalized spacial score (nSPS) is 14.6. The number of hydrogen-bond acceptors (Lipinski definition) is 5. The Morgan fingerprint density at radius 3 is 2.95 bits per heavy atom. The Balaban J connectivity index is 1.65. The molecule has 0 bridgehead atoms. The molecule has 0 unspecified atom stereocenters. The van der Waals surface area contributed by atoms with E-state index >= 15 is 0 Å². The molecule has 2 N–H and O–H groups in total. The van der Waals surface area contributed by atoms with Crippen LogP contribution in [0.1, 0.15) is 24.3 Å². The van der Waals surface area contributed by atoms with E-state index in [0.29, 0.717) is 24.5 Å². The van der Waals surface area contributed by atoms with Crippen LogP contribution in [0.25, 0.3) is 0 Å². The fourth-order valence-electron chi connectivity index (χ4n) is 1.78. The maximum Gasteiger partial charge on any atom is 0.320 e. The number of aromatic nitrogens is 2. The molecule has 1 aliphatic carbocycles. The Morgan fingerprint density at radius 1 is 1.37 bits per heavy atom. The third kappa shape index (κ3) is 3.33. The van der Waals surface area contributed by atoms with E-state index in [1.54, 1.807) is 0 Å². The SMILES string of the molecule is Cc1cc(Br)ccc1Nc1nnc(CNC2CC2)o1. The molecule has 1 fully saturated rings. The van der Waals surface area contributed by atoms with Crippen LogP contribution < -0.4 is 10.6 Å². The number of nitrogens with zero attached hydrogens (tertiary/aromatic N) is 2. The Bertz CT molecular complexity index is 580. The number of anilines is 2. The molecule has 2 aromatic rings. The molecule has 0 amide bonds. The third-order valence-electron chi connectivity index (χ3n) is 3.02. The van der Waals surface area contributed by atoms with Crippen molar-refractivity contribution in [3.63, 3.8) is 0 Å². The average molecular weight is 323 g/mol. The number of benzene rings is 1. The molecule has 1 aromatic carbocycles. The summed E-state index contributed by atoms with van der Waals surface area (Å²) in [5.41, 5.74) is 2.08. The number of aryl methyl sites for hydroxylation is 1. The first kappa shape index (κ1) is 12.6. The Morgan fingerprint density at radius 2 is 2.21 bits per heavy atom. The van der Waals surface area contributed by atoms with Crippen molar-refractivity contribution in [1.29, 1.82) is 0 Å². The van der Waals surface area contributed by atoms with Crippen LogP contribution in [-0.2, 0) is 6.54 Å². The van der Waals surface area contributed by atoms with Gasteiger partial charge in [-0.3, -0.25) is 0 Å². The molecule has 0 atom stereocenters. The van der Waals surface area contributed by atoms with Crippen LogP contribution in [-0.4, -0.2) is 16.2 Å². The van der Waals surface area contributed by atoms with Crippen molar-refractivity contribution in [1.82, 2.24) is 15.5 Å². The van der Waals surface area contributed by atoms with Gasteiger partial charge in [-0.1, -0.05) is 21.0 Å². The summed E-state index contributed by atoms with van der Waals surface area (Å²) >= 11 is 3.44. The molecule has 1 aliphatic rings. The molecule has 1 heterocycles. The third-order valence-corrected chi connectivity index (χ3v) is 3.51. The summed E-state index contributed by atoms with van der Waals surface area (Å²) in [6, 6.07) is 7.05. The van der Waals surface area contributed by atoms with Gasteiger partial charge in [0.2, 0.25) is 5.89 Å². The van der Waals surface area contributed by atoms with Crippen LogP contribution in [0.3, 0.4) is 0 Å². The van der Waals surface area contributed by atoms with Gasteiger partial charge in [-0.25, -0.2) is 0 Å². The largest absolute Gasteiger partial charge is 0.406 e. The number of hydrogen-bond donors (Lipinski definition) is 2. The minimum atomic E-state index is 0.429. The van der Waals surface area contributed by atoms with Crippen LogP contribution in [0.15, 0.2) is 27.1 Å². The summed E-state index contributed by atoms with van der Waals surface area (Å²) in [7, 11) is 0. The summed E-state index contributed by atoms with van der Waals surface area (Å²) in [6.07, 6.45) is 2.49. The van der Waals surface area contributed by atoms with Gasteiger partial charge < -0.3 is 15.1 Å². The molecule has 3 rings (SSSR count). The minimum absolute atomic E-state index is 0.429. The summed E-state index contributed by atoms with van der Waals surface area (Å²) in [5, 5.41) is 14.5. The van der Waals surface area contributed by atoms with E-state index in [2.05, 4.69) is 36.8 Å². The smallest absolute Gasteiger partial charge is 0.320 e. The van der Waals surface area contributed by atoms with Crippen molar-refractivity contribution in [2.75, 3.05) is 5.32 Å². The van der Waals surface area contributed by atoms with Crippen LogP contribution in [0.4, 0.5) is 11.7 Å². The van der Waals surface area contributed by atoms with Gasteiger partial charge in [-0.15, -0.1) is 5.10 Å². The zero-order valence-corrected chi connectivity index (χ0v) is 12.2. The second-order valence-corrected chi connectivity index (χ2v) is 5.66. The monoisotopic (exact) mass is 322 g/mol. The zero-order chi connectivity index (χ0) is 13.2. The lowest BCUT2D eigenvalue weighted by Crippen LogP contribution is -2.15. The average Bonchev–Trinajstić information content (AvgIpc) is 3.10. The summed E-state index contributed by atoms with van der Waals surface area (Å²) in [4.78, 5) is 0. The van der Waals surface area contributed by atoms with Gasteiger partial charge >= 0.3 is 6.01 Å². The van der Waals surface area contributed by atoms with E-state index < -0.39 is 0 Å². The van der Waals surface area contributed by atoms with Gasteiger partial charge in [0.1, 0.15) is 0 Å². The maximum absolute atomic E-state index is 5.54. The maximum atomic E-state index is 5.54. The molecule has 6 heteroatoms. The Hall–Kier alpha value is -1.40. The molecular formula is C13H15BrN4O. The molecule has 100 valence electrons. The fraction of sp³-hybridized carbons (Fsp3) is 0.385. The van der Waals surface area contributed by atoms with E-state index in [1.165, 1.54) is 12.8 Å². The van der Waals surface area contributed by atoms with E-state index in [-0.39, 0.29) is 0 Å². The van der Waals surface area contributed by atoms with E-state index in [1.807, 2.05) is 25.1 Å². The number of nitrogens with one attached hydrogen (secondary N) is 2. The predicted octanol–water partition coefficient (Wildman–Crippen LogP) is 3.14. The fourth-order valence-corrected chi connectivity index (χ4v) is 2.25. The quantitative estimate of drug-likeness (QED) is 0.885. The Labute approximate surface area is 119 Å². The van der Waals surface area contributed by atoms with Gasteiger partial charge in [0, 0.05) is 16.2 Å². The molecule has 0 aliphatic heterocycles. The minimum Gasteiger partial charge on any atom is -0.406 e. The van der Waals surface area contributed by atoms with E-state index in [0.717, 1.165) is 15.7 Å². The van der Waals surface area contributed by atoms with Gasteiger partial charge in [-0.05, 0) is 43.5 Å². The van der Waals surface area contributed by atoms with Crippen molar-refractivity contribution < 1.29 is 4.42 Å². The van der Waals surface area contributed by atoms with Gasteiger partial charge in [0.15, 0.2) is 0 Å². The van der Waals surface area contributed by atoms with Crippen LogP contribution >= 0.6 is 15.9 Å². The molecule has 0 spiro atoms. The zero-order valence-electron chi connectivity index (χ0n) is 10.6. The highest BCUT2D eigenvalue weighted by atomic mass is 79.9. The van der Waals surface area contributed by atoms with Crippen molar-refractivity contribution in [3.8, 4) is 0 Å². The topological polar surface area (TPSA) is 63.0 Å². The second kappa shape index (κ2) is 5.30. The molecule has 1 aromatic heterocycles. The first-order valence-corrected chi connectivity index (χ1v) is 7.09. The van der Waals surface area contributed by atoms with Gasteiger partial charge in [0.25, 0.3) is 0 Å². The van der Waals surface area contributed by atoms with Crippen LogP contribution in [0.2, 0.25) is 0 Å². The first-order valence-electron chi connectivity index (χ1n) is 6.29. The number of halogens is 1. The van der Waals surface area contributed by atoms with Gasteiger partial charge in [0.05, 0.1) is 6.54 Å². The predicted molar refractivity (Wildman–Crippen MR) is 76.3 cm³/mol. The highest BCUT2D eigenvalue weighted by Crippen LogP contribution is 2.23. The number of rotatable bonds is 5. The van der Waals surface area contributed by atoms with Crippen molar-refractivity contribution in [3.05, 3.63) is 34.1 Å². The second-order valence-electron chi connectivity index (χ2n) is 4.74. The van der Waals surface area contributed by atoms with Crippen molar-refractivity contribution in [2.45, 2.75) is 32.4 Å². The molecule has 0 radical (unpaired) electrons. The standard InChI is InChI=1S/C13H15BrN4O/c1-8-6-9(14)2-5-11(8)16-13-18-17-12(19-13)7-15-10-3-4-10/h2,5-6,10,15H,3-4,7H2,1H3,(H,16,18).